The molecule has 0 radical (unpaired) electrons. The van der Waals surface area contributed by atoms with Crippen LogP contribution >= 0.6 is 10.7 Å². The van der Waals surface area contributed by atoms with E-state index in [1.807, 2.05) is 0 Å². The van der Waals surface area contributed by atoms with Crippen LogP contribution in [0.2, 0.25) is 0 Å². The van der Waals surface area contributed by atoms with Crippen molar-refractivity contribution in [3.05, 3.63) is 29.8 Å². The minimum Gasteiger partial charge on any atom is -0.497 e. The van der Waals surface area contributed by atoms with E-state index in [2.05, 4.69) is 0 Å². The van der Waals surface area contributed by atoms with Gasteiger partial charge in [0, 0.05) is 10.7 Å². The van der Waals surface area contributed by atoms with Crippen LogP contribution in [0.3, 0.4) is 0 Å². The maximum absolute atomic E-state index is 12.6. The minimum atomic E-state index is -4.98. The quantitative estimate of drug-likeness (QED) is 0.803. The molecule has 0 fully saturated rings. The number of ether oxygens (including phenoxy) is 1. The van der Waals surface area contributed by atoms with E-state index in [9.17, 15) is 21.6 Å². The second-order valence-electron chi connectivity index (χ2n) is 3.17. The monoisotopic (exact) mass is 288 g/mol. The first-order valence-electron chi connectivity index (χ1n) is 4.30. The maximum atomic E-state index is 12.6. The van der Waals surface area contributed by atoms with E-state index >= 15 is 0 Å². The summed E-state index contributed by atoms with van der Waals surface area (Å²) in [5.41, 5.74) is -0.480. The smallest absolute Gasteiger partial charge is 0.410 e. The van der Waals surface area contributed by atoms with Gasteiger partial charge in [-0.05, 0) is 17.7 Å². The van der Waals surface area contributed by atoms with E-state index in [-0.39, 0.29) is 5.75 Å². The van der Waals surface area contributed by atoms with Gasteiger partial charge in [-0.15, -0.1) is 0 Å². The number of hydrogen-bond donors (Lipinski definition) is 0. The lowest BCUT2D eigenvalue weighted by molar-refractivity contribution is -0.131. The zero-order valence-electron chi connectivity index (χ0n) is 8.53. The van der Waals surface area contributed by atoms with Crippen molar-refractivity contribution in [1.82, 2.24) is 0 Å². The summed E-state index contributed by atoms with van der Waals surface area (Å²) in [6, 6.07) is 4.67. The first kappa shape index (κ1) is 14.1. The molecule has 0 bridgehead atoms. The summed E-state index contributed by atoms with van der Waals surface area (Å²) >= 11 is 0. The number of benzene rings is 1. The van der Waals surface area contributed by atoms with Crippen LogP contribution < -0.4 is 4.74 Å². The molecule has 1 unspecified atom stereocenters. The molecule has 1 aromatic carbocycles. The van der Waals surface area contributed by atoms with Crippen LogP contribution in [0.5, 0.6) is 5.75 Å². The Hall–Kier alpha value is -0.950. The SMILES string of the molecule is COc1cccc(C(C(F)(F)F)S(=O)(=O)Cl)c1. The van der Waals surface area contributed by atoms with Gasteiger partial charge in [0.05, 0.1) is 7.11 Å². The lowest BCUT2D eigenvalue weighted by atomic mass is 10.1. The Kier molecular flexibility index (Phi) is 3.93. The molecule has 0 saturated heterocycles. The van der Waals surface area contributed by atoms with Gasteiger partial charge in [0.2, 0.25) is 9.05 Å². The van der Waals surface area contributed by atoms with Crippen LogP contribution in [-0.4, -0.2) is 21.7 Å². The van der Waals surface area contributed by atoms with Gasteiger partial charge < -0.3 is 4.74 Å². The van der Waals surface area contributed by atoms with Crippen LogP contribution in [0.15, 0.2) is 24.3 Å². The molecule has 0 N–H and O–H groups in total. The average molecular weight is 289 g/mol. The van der Waals surface area contributed by atoms with Crippen LogP contribution in [0, 0.1) is 0 Å². The van der Waals surface area contributed by atoms with Crippen molar-refractivity contribution in [3.8, 4) is 5.75 Å². The molecule has 0 saturated carbocycles. The zero-order valence-corrected chi connectivity index (χ0v) is 10.1. The Labute approximate surface area is 101 Å². The normalized spacial score (nSPS) is 14.4. The summed E-state index contributed by atoms with van der Waals surface area (Å²) < 4.78 is 64.6. The highest BCUT2D eigenvalue weighted by Gasteiger charge is 2.49. The lowest BCUT2D eigenvalue weighted by Gasteiger charge is -2.17. The maximum Gasteiger partial charge on any atom is 0.410 e. The summed E-state index contributed by atoms with van der Waals surface area (Å²) in [5.74, 6) is 0.122. The predicted molar refractivity (Wildman–Crippen MR) is 56.6 cm³/mol. The van der Waals surface area contributed by atoms with Crippen LogP contribution in [0.4, 0.5) is 13.2 Å². The Bertz CT molecular complexity index is 498. The Morgan fingerprint density at radius 1 is 1.35 bits per heavy atom. The van der Waals surface area contributed by atoms with Crippen LogP contribution in [-0.2, 0) is 9.05 Å². The topological polar surface area (TPSA) is 43.4 Å². The molecular weight excluding hydrogens is 281 g/mol. The Morgan fingerprint density at radius 2 is 1.94 bits per heavy atom. The highest BCUT2D eigenvalue weighted by atomic mass is 35.7. The Balaban J connectivity index is 3.33. The third-order valence-corrected chi connectivity index (χ3v) is 3.61. The van der Waals surface area contributed by atoms with E-state index in [1.165, 1.54) is 19.2 Å². The van der Waals surface area contributed by atoms with Gasteiger partial charge in [0.15, 0.2) is 5.25 Å². The summed E-state index contributed by atoms with van der Waals surface area (Å²) in [5, 5.41) is -2.76. The molecule has 0 aliphatic carbocycles. The second-order valence-corrected chi connectivity index (χ2v) is 5.89. The van der Waals surface area contributed by atoms with Gasteiger partial charge in [-0.1, -0.05) is 12.1 Å². The number of alkyl halides is 3. The molecule has 3 nitrogen and oxygen atoms in total. The molecule has 17 heavy (non-hydrogen) atoms. The average Bonchev–Trinajstić information content (AvgIpc) is 2.13. The third kappa shape index (κ3) is 3.50. The zero-order chi connectivity index (χ0) is 13.3. The molecule has 1 atom stereocenters. The van der Waals surface area contributed by atoms with E-state index < -0.39 is 26.0 Å². The van der Waals surface area contributed by atoms with E-state index in [1.54, 1.807) is 0 Å². The summed E-state index contributed by atoms with van der Waals surface area (Å²) in [6.45, 7) is 0. The van der Waals surface area contributed by atoms with Crippen molar-refractivity contribution in [2.24, 2.45) is 0 Å². The molecule has 0 aliphatic rings. The van der Waals surface area contributed by atoms with E-state index in [0.717, 1.165) is 12.1 Å². The number of rotatable bonds is 3. The number of halogens is 4. The molecule has 0 aromatic heterocycles. The van der Waals surface area contributed by atoms with Gasteiger partial charge in [-0.2, -0.15) is 13.2 Å². The van der Waals surface area contributed by atoms with Gasteiger partial charge in [-0.25, -0.2) is 8.42 Å². The van der Waals surface area contributed by atoms with Crippen LogP contribution in [0.1, 0.15) is 10.8 Å². The molecule has 1 rings (SSSR count). The van der Waals surface area contributed by atoms with Crippen LogP contribution in [0.25, 0.3) is 0 Å². The van der Waals surface area contributed by atoms with Crippen molar-refractivity contribution >= 4 is 19.7 Å². The molecule has 0 amide bonds. The largest absolute Gasteiger partial charge is 0.497 e. The van der Waals surface area contributed by atoms with Crippen molar-refractivity contribution in [1.29, 1.82) is 0 Å². The predicted octanol–water partition coefficient (Wildman–Crippen LogP) is 2.87. The van der Waals surface area contributed by atoms with Gasteiger partial charge in [0.25, 0.3) is 0 Å². The van der Waals surface area contributed by atoms with E-state index in [0.29, 0.717) is 0 Å². The fourth-order valence-electron chi connectivity index (χ4n) is 1.32. The lowest BCUT2D eigenvalue weighted by Crippen LogP contribution is -2.25. The summed E-state index contributed by atoms with van der Waals surface area (Å²) in [7, 11) is 1.28. The van der Waals surface area contributed by atoms with Gasteiger partial charge in [0.1, 0.15) is 5.75 Å². The Morgan fingerprint density at radius 3 is 2.35 bits per heavy atom. The first-order chi connectivity index (χ1) is 7.66. The van der Waals surface area contributed by atoms with Gasteiger partial charge in [-0.3, -0.25) is 0 Å². The standard InChI is InChI=1S/C9H8ClF3O3S/c1-16-7-4-2-3-6(5-7)8(9(11,12)13)17(10,14)15/h2-5,8H,1H3. The molecule has 8 heteroatoms. The highest BCUT2D eigenvalue weighted by molar-refractivity contribution is 8.14. The van der Waals surface area contributed by atoms with Crippen molar-refractivity contribution in [2.75, 3.05) is 7.11 Å². The summed E-state index contributed by atoms with van der Waals surface area (Å²) in [4.78, 5) is 0. The number of hydrogen-bond acceptors (Lipinski definition) is 3. The third-order valence-electron chi connectivity index (χ3n) is 1.98. The molecule has 96 valence electrons. The summed E-state index contributed by atoms with van der Waals surface area (Å²) in [6.07, 6.45) is -4.98. The molecule has 0 spiro atoms. The molecule has 0 aliphatic heterocycles. The number of methoxy groups -OCH3 is 1. The van der Waals surface area contributed by atoms with Crippen molar-refractivity contribution in [3.63, 3.8) is 0 Å². The minimum absolute atomic E-state index is 0.122. The van der Waals surface area contributed by atoms with Crippen molar-refractivity contribution in [2.45, 2.75) is 11.4 Å². The molecule has 1 aromatic rings. The van der Waals surface area contributed by atoms with Gasteiger partial charge >= 0.3 is 6.18 Å². The fourth-order valence-corrected chi connectivity index (χ4v) is 2.72. The van der Waals surface area contributed by atoms with Crippen molar-refractivity contribution < 1.29 is 26.3 Å². The second kappa shape index (κ2) is 4.73. The molecular formula is C9H8ClF3O3S. The molecule has 0 heterocycles. The van der Waals surface area contributed by atoms with E-state index in [4.69, 9.17) is 15.4 Å². The highest BCUT2D eigenvalue weighted by Crippen LogP contribution is 2.41. The fraction of sp³-hybridized carbons (Fsp3) is 0.333. The first-order valence-corrected chi connectivity index (χ1v) is 6.67.